The molecule has 3 rings (SSSR count). The largest absolute Gasteiger partial charge is 0.463 e. The predicted molar refractivity (Wildman–Crippen MR) is 150 cm³/mol. The van der Waals surface area contributed by atoms with E-state index in [1.54, 1.807) is 25.1 Å². The van der Waals surface area contributed by atoms with Gasteiger partial charge in [0.05, 0.1) is 36.8 Å². The number of carbonyl (C=O) groups is 2. The van der Waals surface area contributed by atoms with Crippen LogP contribution in [0.1, 0.15) is 28.4 Å². The number of nitrogens with one attached hydrogen (secondary N) is 1. The Hall–Kier alpha value is -2.81. The van der Waals surface area contributed by atoms with E-state index in [4.69, 9.17) is 19.0 Å². The van der Waals surface area contributed by atoms with Gasteiger partial charge in [0.15, 0.2) is 5.75 Å². The number of hydrogen-bond acceptors (Lipinski definition) is 6. The SMILES string of the molecule is CCOC(=O)c1coc2ccc(Oc3c(I)cc(CC(=O)NCCO)cc3C#CC[Si](C)(C)C)cc12. The number of halogens is 1. The van der Waals surface area contributed by atoms with Crippen LogP contribution in [0, 0.1) is 15.4 Å². The topological polar surface area (TPSA) is 98.0 Å². The van der Waals surface area contributed by atoms with Crippen LogP contribution < -0.4 is 10.1 Å². The minimum Gasteiger partial charge on any atom is -0.463 e. The Morgan fingerprint density at radius 3 is 2.67 bits per heavy atom. The maximum absolute atomic E-state index is 12.3. The van der Waals surface area contributed by atoms with Crippen molar-refractivity contribution in [2.45, 2.75) is 39.0 Å². The highest BCUT2D eigenvalue weighted by atomic mass is 127. The zero-order valence-corrected chi connectivity index (χ0v) is 24.0. The van der Waals surface area contributed by atoms with Crippen molar-refractivity contribution < 1.29 is 28.6 Å². The van der Waals surface area contributed by atoms with Crippen molar-refractivity contribution in [2.75, 3.05) is 19.8 Å². The summed E-state index contributed by atoms with van der Waals surface area (Å²) < 4.78 is 17.7. The number of benzene rings is 2. The molecule has 2 aromatic carbocycles. The lowest BCUT2D eigenvalue weighted by molar-refractivity contribution is -0.120. The molecular formula is C27H30INO6Si. The highest BCUT2D eigenvalue weighted by Gasteiger charge is 2.18. The van der Waals surface area contributed by atoms with Crippen molar-refractivity contribution in [1.82, 2.24) is 5.32 Å². The van der Waals surface area contributed by atoms with Crippen molar-refractivity contribution in [1.29, 1.82) is 0 Å². The van der Waals surface area contributed by atoms with Crippen molar-refractivity contribution in [3.63, 3.8) is 0 Å². The zero-order chi connectivity index (χ0) is 26.3. The van der Waals surface area contributed by atoms with Crippen LogP contribution in [0.2, 0.25) is 25.7 Å². The lowest BCUT2D eigenvalue weighted by atomic mass is 10.1. The average molecular weight is 620 g/mol. The third-order valence-electron chi connectivity index (χ3n) is 5.00. The number of fused-ring (bicyclic) bond motifs is 1. The van der Waals surface area contributed by atoms with Crippen LogP contribution in [0.4, 0.5) is 0 Å². The van der Waals surface area contributed by atoms with Crippen LogP contribution in [-0.2, 0) is 16.0 Å². The number of aliphatic hydroxyl groups is 1. The van der Waals surface area contributed by atoms with Gasteiger partial charge in [0, 0.05) is 18.0 Å². The van der Waals surface area contributed by atoms with E-state index in [-0.39, 0.29) is 32.1 Å². The number of hydrogen-bond donors (Lipinski definition) is 2. The summed E-state index contributed by atoms with van der Waals surface area (Å²) in [6.45, 7) is 8.89. The Morgan fingerprint density at radius 1 is 1.19 bits per heavy atom. The molecule has 1 aromatic heterocycles. The smallest absolute Gasteiger partial charge is 0.342 e. The molecule has 1 heterocycles. The van der Waals surface area contributed by atoms with Crippen LogP contribution in [0.15, 0.2) is 41.0 Å². The average Bonchev–Trinajstić information content (AvgIpc) is 3.22. The van der Waals surface area contributed by atoms with Gasteiger partial charge >= 0.3 is 5.97 Å². The molecule has 1 amide bonds. The molecule has 190 valence electrons. The number of esters is 1. The molecular weight excluding hydrogens is 589 g/mol. The first-order valence-corrected chi connectivity index (χ1v) is 16.4. The highest BCUT2D eigenvalue weighted by Crippen LogP contribution is 2.34. The molecule has 36 heavy (non-hydrogen) atoms. The summed E-state index contributed by atoms with van der Waals surface area (Å²) >= 11 is 2.18. The van der Waals surface area contributed by atoms with E-state index in [1.165, 1.54) is 6.26 Å². The first-order valence-electron chi connectivity index (χ1n) is 11.7. The molecule has 0 unspecified atom stereocenters. The van der Waals surface area contributed by atoms with Gasteiger partial charge in [0.2, 0.25) is 5.91 Å². The third kappa shape index (κ3) is 7.59. The van der Waals surface area contributed by atoms with Crippen molar-refractivity contribution in [3.8, 4) is 23.3 Å². The van der Waals surface area contributed by atoms with E-state index in [1.807, 2.05) is 12.1 Å². The van der Waals surface area contributed by atoms with Gasteiger partial charge in [-0.1, -0.05) is 25.6 Å². The van der Waals surface area contributed by atoms with Crippen molar-refractivity contribution in [2.24, 2.45) is 0 Å². The summed E-state index contributed by atoms with van der Waals surface area (Å²) in [4.78, 5) is 24.5. The third-order valence-corrected chi connectivity index (χ3v) is 7.04. The molecule has 0 saturated heterocycles. The standard InChI is InChI=1S/C27H30INO6Si/c1-5-33-27(32)22-17-34-24-9-8-20(16-21(22)24)35-26-19(7-6-12-36(2,3)4)13-18(14-23(26)28)15-25(31)29-10-11-30/h8-9,13-14,16-17,30H,5,10-12,15H2,1-4H3,(H,29,31). The van der Waals surface area contributed by atoms with Crippen LogP contribution in [0.3, 0.4) is 0 Å². The number of furan rings is 1. The quantitative estimate of drug-likeness (QED) is 0.145. The van der Waals surface area contributed by atoms with Gasteiger partial charge in [-0.2, -0.15) is 0 Å². The van der Waals surface area contributed by atoms with Gasteiger partial charge in [-0.25, -0.2) is 4.79 Å². The number of ether oxygens (including phenoxy) is 2. The fourth-order valence-electron chi connectivity index (χ4n) is 3.35. The van der Waals surface area contributed by atoms with Gasteiger partial charge in [-0.05, 0) is 65.4 Å². The number of aliphatic hydroxyl groups excluding tert-OH is 1. The Labute approximate surface area is 225 Å². The monoisotopic (exact) mass is 619 g/mol. The van der Waals surface area contributed by atoms with Crippen molar-refractivity contribution >= 4 is 53.5 Å². The Kier molecular flexibility index (Phi) is 9.59. The summed E-state index contributed by atoms with van der Waals surface area (Å²) in [6, 6.07) is 9.85. The van der Waals surface area contributed by atoms with Crippen LogP contribution >= 0.6 is 22.6 Å². The molecule has 0 aliphatic rings. The predicted octanol–water partition coefficient (Wildman–Crippen LogP) is 5.35. The fourth-order valence-corrected chi connectivity index (χ4v) is 4.77. The van der Waals surface area contributed by atoms with E-state index in [2.05, 4.69) is 59.4 Å². The first-order chi connectivity index (χ1) is 17.1. The minimum absolute atomic E-state index is 0.109. The second-order valence-electron chi connectivity index (χ2n) is 9.37. The molecule has 0 fully saturated rings. The molecule has 0 aliphatic heterocycles. The van der Waals surface area contributed by atoms with Crippen LogP contribution in [-0.4, -0.2) is 44.8 Å². The first kappa shape index (κ1) is 27.8. The number of amides is 1. The summed E-state index contributed by atoms with van der Waals surface area (Å²) in [5.74, 6) is 7.02. The molecule has 0 radical (unpaired) electrons. The molecule has 7 nitrogen and oxygen atoms in total. The lowest BCUT2D eigenvalue weighted by Gasteiger charge is -2.13. The van der Waals surface area contributed by atoms with Crippen molar-refractivity contribution in [3.05, 3.63) is 56.9 Å². The van der Waals surface area contributed by atoms with E-state index >= 15 is 0 Å². The summed E-state index contributed by atoms with van der Waals surface area (Å²) in [5.41, 5.74) is 2.38. The Morgan fingerprint density at radius 2 is 1.97 bits per heavy atom. The molecule has 2 N–H and O–H groups in total. The van der Waals surface area contributed by atoms with Gasteiger partial charge in [0.25, 0.3) is 0 Å². The van der Waals surface area contributed by atoms with E-state index in [0.29, 0.717) is 33.6 Å². The normalized spacial score (nSPS) is 11.1. The number of carbonyl (C=O) groups excluding carboxylic acids is 2. The molecule has 0 aliphatic carbocycles. The van der Waals surface area contributed by atoms with Gasteiger partial charge in [0.1, 0.15) is 23.2 Å². The van der Waals surface area contributed by atoms with E-state index < -0.39 is 14.0 Å². The Balaban J connectivity index is 1.98. The molecule has 0 atom stereocenters. The molecule has 0 saturated carbocycles. The Bertz CT molecular complexity index is 1320. The summed E-state index contributed by atoms with van der Waals surface area (Å²) in [7, 11) is -1.38. The second kappa shape index (κ2) is 12.4. The van der Waals surface area contributed by atoms with Gasteiger partial charge in [-0.3, -0.25) is 4.79 Å². The van der Waals surface area contributed by atoms with Gasteiger partial charge in [-0.15, -0.1) is 5.92 Å². The zero-order valence-electron chi connectivity index (χ0n) is 20.9. The highest BCUT2D eigenvalue weighted by molar-refractivity contribution is 14.1. The fraction of sp³-hybridized carbons (Fsp3) is 0.333. The maximum Gasteiger partial charge on any atom is 0.342 e. The second-order valence-corrected chi connectivity index (χ2v) is 16.0. The molecule has 3 aromatic rings. The molecule has 0 bridgehead atoms. The van der Waals surface area contributed by atoms with Crippen LogP contribution in [0.5, 0.6) is 11.5 Å². The van der Waals surface area contributed by atoms with Crippen LogP contribution in [0.25, 0.3) is 11.0 Å². The molecule has 0 spiro atoms. The van der Waals surface area contributed by atoms with E-state index in [0.717, 1.165) is 15.2 Å². The lowest BCUT2D eigenvalue weighted by Crippen LogP contribution is -2.27. The summed E-state index contributed by atoms with van der Waals surface area (Å²) in [6.07, 6.45) is 1.56. The maximum atomic E-state index is 12.3. The number of rotatable bonds is 9. The summed E-state index contributed by atoms with van der Waals surface area (Å²) in [5, 5.41) is 12.2. The van der Waals surface area contributed by atoms with Gasteiger partial charge < -0.3 is 24.3 Å². The minimum atomic E-state index is -1.38. The molecule has 9 heteroatoms. The van der Waals surface area contributed by atoms with E-state index in [9.17, 15) is 9.59 Å².